The Balaban J connectivity index is 1.53. The Labute approximate surface area is 163 Å². The van der Waals surface area contributed by atoms with Crippen molar-refractivity contribution in [2.45, 2.75) is 57.9 Å². The van der Waals surface area contributed by atoms with Crippen LogP contribution in [-0.2, 0) is 0 Å². The molecular formula is C21H25N3O4. The van der Waals surface area contributed by atoms with E-state index in [9.17, 15) is 4.79 Å². The number of nitrogens with zero attached hydrogens (tertiary/aromatic N) is 2. The molecule has 28 heavy (non-hydrogen) atoms. The highest BCUT2D eigenvalue weighted by atomic mass is 16.5. The van der Waals surface area contributed by atoms with Crippen LogP contribution in [0.3, 0.4) is 0 Å². The summed E-state index contributed by atoms with van der Waals surface area (Å²) in [5.74, 6) is 1.16. The minimum Gasteiger partial charge on any atom is -0.497 e. The molecule has 0 spiro atoms. The summed E-state index contributed by atoms with van der Waals surface area (Å²) in [5, 5.41) is 7.92. The van der Waals surface area contributed by atoms with Crippen molar-refractivity contribution in [2.75, 3.05) is 7.11 Å². The summed E-state index contributed by atoms with van der Waals surface area (Å²) in [6.45, 7) is 1.92. The van der Waals surface area contributed by atoms with E-state index < -0.39 is 0 Å². The molecular weight excluding hydrogens is 358 g/mol. The zero-order valence-corrected chi connectivity index (χ0v) is 16.3. The predicted molar refractivity (Wildman–Crippen MR) is 104 cm³/mol. The molecule has 0 bridgehead atoms. The molecule has 1 aliphatic carbocycles. The fraction of sp³-hybridized carbons (Fsp3) is 0.476. The number of aromatic nitrogens is 2. The van der Waals surface area contributed by atoms with Crippen LogP contribution in [0.25, 0.3) is 22.6 Å². The number of carbonyl (C=O) groups is 1. The van der Waals surface area contributed by atoms with E-state index in [0.717, 1.165) is 42.4 Å². The standard InChI is InChI=1S/C21H25N3O4/c1-13-16-12-15(26-2)10-11-17(16)27-18(13)19-23-21(28-24-19)20(25)22-14-8-6-4-3-5-7-9-14/h10-12,14H,3-9H2,1-2H3,(H,22,25). The van der Waals surface area contributed by atoms with E-state index >= 15 is 0 Å². The van der Waals surface area contributed by atoms with Crippen molar-refractivity contribution in [1.82, 2.24) is 15.5 Å². The van der Waals surface area contributed by atoms with Crippen LogP contribution in [0.1, 0.15) is 61.2 Å². The summed E-state index contributed by atoms with van der Waals surface area (Å²) in [6, 6.07) is 5.75. The number of fused-ring (bicyclic) bond motifs is 1. The number of hydrogen-bond donors (Lipinski definition) is 1. The highest BCUT2D eigenvalue weighted by Crippen LogP contribution is 2.33. The highest BCUT2D eigenvalue weighted by molar-refractivity contribution is 5.91. The molecule has 4 rings (SSSR count). The number of nitrogens with one attached hydrogen (secondary N) is 1. The van der Waals surface area contributed by atoms with Gasteiger partial charge in [0.2, 0.25) is 5.82 Å². The van der Waals surface area contributed by atoms with E-state index in [1.807, 2.05) is 25.1 Å². The first-order chi connectivity index (χ1) is 13.7. The van der Waals surface area contributed by atoms with E-state index in [2.05, 4.69) is 15.5 Å². The molecule has 1 saturated carbocycles. The van der Waals surface area contributed by atoms with Crippen LogP contribution in [0.4, 0.5) is 0 Å². The second-order valence-electron chi connectivity index (χ2n) is 7.36. The molecule has 0 atom stereocenters. The van der Waals surface area contributed by atoms with E-state index in [1.165, 1.54) is 19.3 Å². The van der Waals surface area contributed by atoms with Crippen molar-refractivity contribution in [2.24, 2.45) is 0 Å². The predicted octanol–water partition coefficient (Wildman–Crippen LogP) is 4.64. The zero-order chi connectivity index (χ0) is 19.5. The number of rotatable bonds is 4. The molecule has 1 aromatic carbocycles. The van der Waals surface area contributed by atoms with Gasteiger partial charge in [-0.3, -0.25) is 4.79 Å². The maximum absolute atomic E-state index is 12.5. The summed E-state index contributed by atoms with van der Waals surface area (Å²) in [7, 11) is 1.62. The number of hydrogen-bond acceptors (Lipinski definition) is 6. The molecule has 3 aromatic rings. The lowest BCUT2D eigenvalue weighted by Crippen LogP contribution is -2.35. The van der Waals surface area contributed by atoms with Gasteiger partial charge < -0.3 is 19.0 Å². The Kier molecular flexibility index (Phi) is 5.32. The number of aryl methyl sites for hydroxylation is 1. The zero-order valence-electron chi connectivity index (χ0n) is 16.3. The molecule has 0 aliphatic heterocycles. The number of methoxy groups -OCH3 is 1. The van der Waals surface area contributed by atoms with Crippen molar-refractivity contribution in [3.8, 4) is 17.3 Å². The fourth-order valence-electron chi connectivity index (χ4n) is 3.80. The minimum atomic E-state index is -0.320. The van der Waals surface area contributed by atoms with Crippen LogP contribution >= 0.6 is 0 Å². The van der Waals surface area contributed by atoms with Crippen molar-refractivity contribution >= 4 is 16.9 Å². The Morgan fingerprint density at radius 2 is 1.93 bits per heavy atom. The summed E-state index contributed by atoms with van der Waals surface area (Å²) in [6.07, 6.45) is 8.02. The van der Waals surface area contributed by atoms with Crippen molar-refractivity contribution in [3.05, 3.63) is 29.7 Å². The maximum Gasteiger partial charge on any atom is 0.316 e. The van der Waals surface area contributed by atoms with Crippen LogP contribution in [0.15, 0.2) is 27.1 Å². The topological polar surface area (TPSA) is 90.4 Å². The first-order valence-corrected chi connectivity index (χ1v) is 9.88. The van der Waals surface area contributed by atoms with Gasteiger partial charge in [-0.1, -0.05) is 37.3 Å². The fourth-order valence-corrected chi connectivity index (χ4v) is 3.80. The lowest BCUT2D eigenvalue weighted by atomic mass is 9.97. The van der Waals surface area contributed by atoms with Crippen LogP contribution in [0, 0.1) is 6.92 Å². The van der Waals surface area contributed by atoms with Gasteiger partial charge in [-0.25, -0.2) is 0 Å². The average Bonchev–Trinajstić information content (AvgIpc) is 3.28. The van der Waals surface area contributed by atoms with E-state index in [0.29, 0.717) is 11.3 Å². The molecule has 2 heterocycles. The molecule has 1 aliphatic rings. The Morgan fingerprint density at radius 3 is 2.68 bits per heavy atom. The van der Waals surface area contributed by atoms with Gasteiger partial charge in [-0.15, -0.1) is 0 Å². The number of ether oxygens (including phenoxy) is 1. The molecule has 1 N–H and O–H groups in total. The Hall–Kier alpha value is -2.83. The third-order valence-electron chi connectivity index (χ3n) is 5.41. The second-order valence-corrected chi connectivity index (χ2v) is 7.36. The number of benzene rings is 1. The molecule has 1 amide bonds. The Morgan fingerprint density at radius 1 is 1.18 bits per heavy atom. The minimum absolute atomic E-state index is 0.0329. The number of amides is 1. The lowest BCUT2D eigenvalue weighted by molar-refractivity contribution is 0.0886. The van der Waals surface area contributed by atoms with E-state index in [4.69, 9.17) is 13.7 Å². The normalized spacial score (nSPS) is 15.9. The molecule has 148 valence electrons. The second kappa shape index (κ2) is 8.04. The number of carbonyl (C=O) groups excluding carboxylic acids is 1. The molecule has 1 fully saturated rings. The van der Waals surface area contributed by atoms with E-state index in [-0.39, 0.29) is 23.7 Å². The maximum atomic E-state index is 12.5. The van der Waals surface area contributed by atoms with Gasteiger partial charge in [0.05, 0.1) is 7.11 Å². The Bertz CT molecular complexity index is 967. The third kappa shape index (κ3) is 3.74. The van der Waals surface area contributed by atoms with Gasteiger partial charge >= 0.3 is 11.8 Å². The van der Waals surface area contributed by atoms with Gasteiger partial charge in [-0.05, 0) is 38.0 Å². The van der Waals surface area contributed by atoms with Gasteiger partial charge in [0.25, 0.3) is 0 Å². The smallest absolute Gasteiger partial charge is 0.316 e. The molecule has 2 aromatic heterocycles. The summed E-state index contributed by atoms with van der Waals surface area (Å²) < 4.78 is 16.4. The van der Waals surface area contributed by atoms with Crippen molar-refractivity contribution in [3.63, 3.8) is 0 Å². The van der Waals surface area contributed by atoms with Crippen LogP contribution in [-0.4, -0.2) is 29.2 Å². The molecule has 7 nitrogen and oxygen atoms in total. The molecule has 0 saturated heterocycles. The van der Waals surface area contributed by atoms with Gasteiger partial charge in [0, 0.05) is 17.0 Å². The molecule has 0 radical (unpaired) electrons. The van der Waals surface area contributed by atoms with Crippen LogP contribution in [0.5, 0.6) is 5.75 Å². The third-order valence-corrected chi connectivity index (χ3v) is 5.41. The summed E-state index contributed by atoms with van der Waals surface area (Å²) in [5.41, 5.74) is 1.58. The number of furan rings is 1. The van der Waals surface area contributed by atoms with Gasteiger partial charge in [-0.2, -0.15) is 4.98 Å². The quantitative estimate of drug-likeness (QED) is 0.706. The van der Waals surface area contributed by atoms with E-state index in [1.54, 1.807) is 7.11 Å². The van der Waals surface area contributed by atoms with Crippen LogP contribution in [0.2, 0.25) is 0 Å². The molecule has 0 unspecified atom stereocenters. The first-order valence-electron chi connectivity index (χ1n) is 9.88. The van der Waals surface area contributed by atoms with Crippen molar-refractivity contribution in [1.29, 1.82) is 0 Å². The average molecular weight is 383 g/mol. The van der Waals surface area contributed by atoms with Crippen molar-refractivity contribution < 1.29 is 18.5 Å². The van der Waals surface area contributed by atoms with Crippen LogP contribution < -0.4 is 10.1 Å². The van der Waals surface area contributed by atoms with Gasteiger partial charge in [0.15, 0.2) is 5.76 Å². The summed E-state index contributed by atoms with van der Waals surface area (Å²) >= 11 is 0. The SMILES string of the molecule is COc1ccc2oc(-c3noc(C(=O)NC4CCCCCCC4)n3)c(C)c2c1. The molecule has 7 heteroatoms. The monoisotopic (exact) mass is 383 g/mol. The highest BCUT2D eigenvalue weighted by Gasteiger charge is 2.23. The first kappa shape index (κ1) is 18.5. The van der Waals surface area contributed by atoms with Gasteiger partial charge in [0.1, 0.15) is 11.3 Å². The lowest BCUT2D eigenvalue weighted by Gasteiger charge is -2.19. The summed E-state index contributed by atoms with van der Waals surface area (Å²) in [4.78, 5) is 16.8. The largest absolute Gasteiger partial charge is 0.497 e.